The summed E-state index contributed by atoms with van der Waals surface area (Å²) in [6, 6.07) is 5.34. The largest absolute Gasteiger partial charge is 0.379 e. The maximum Gasteiger partial charge on any atom is 0.248 e. The van der Waals surface area contributed by atoms with Crippen molar-refractivity contribution in [2.45, 2.75) is 13.5 Å². The molecule has 0 aliphatic carbocycles. The van der Waals surface area contributed by atoms with Gasteiger partial charge < -0.3 is 16.0 Å². The van der Waals surface area contributed by atoms with Crippen molar-refractivity contribution in [3.63, 3.8) is 0 Å². The number of amides is 1. The van der Waals surface area contributed by atoms with Gasteiger partial charge in [0, 0.05) is 17.4 Å². The highest BCUT2D eigenvalue weighted by Gasteiger charge is 2.04. The molecule has 1 aromatic carbocycles. The van der Waals surface area contributed by atoms with Gasteiger partial charge in [-0.2, -0.15) is 0 Å². The lowest BCUT2D eigenvalue weighted by molar-refractivity contribution is 0.1000. The first-order valence-electron chi connectivity index (χ1n) is 5.28. The Balaban J connectivity index is 2.09. The molecule has 0 radical (unpaired) electrons. The molecular formula is C12H14N4O. The van der Waals surface area contributed by atoms with Crippen LogP contribution in [0, 0.1) is 6.92 Å². The van der Waals surface area contributed by atoms with Crippen LogP contribution >= 0.6 is 0 Å². The van der Waals surface area contributed by atoms with Gasteiger partial charge in [0.05, 0.1) is 18.6 Å². The molecule has 1 heterocycles. The number of carbonyl (C=O) groups excluding carboxylic acids is 1. The molecule has 0 atom stereocenters. The van der Waals surface area contributed by atoms with Gasteiger partial charge in [-0.3, -0.25) is 4.79 Å². The molecule has 2 aromatic rings. The molecule has 0 fully saturated rings. The molecule has 4 N–H and O–H groups in total. The molecule has 5 heteroatoms. The van der Waals surface area contributed by atoms with Gasteiger partial charge in [0.1, 0.15) is 0 Å². The normalized spacial score (nSPS) is 10.2. The third-order valence-electron chi connectivity index (χ3n) is 2.54. The second kappa shape index (κ2) is 4.69. The van der Waals surface area contributed by atoms with Crippen LogP contribution in [0.5, 0.6) is 0 Å². The standard InChI is InChI=1S/C12H14N4O/c1-8-4-9(12(13)17)2-3-11(8)15-6-10-5-14-7-16-10/h2-5,7,15H,6H2,1H3,(H2,13,17)(H,14,16). The predicted molar refractivity (Wildman–Crippen MR) is 65.6 cm³/mol. The summed E-state index contributed by atoms with van der Waals surface area (Å²) in [4.78, 5) is 17.9. The Labute approximate surface area is 99.1 Å². The topological polar surface area (TPSA) is 83.8 Å². The van der Waals surface area contributed by atoms with Crippen molar-refractivity contribution in [2.75, 3.05) is 5.32 Å². The minimum Gasteiger partial charge on any atom is -0.379 e. The highest BCUT2D eigenvalue weighted by atomic mass is 16.1. The van der Waals surface area contributed by atoms with Gasteiger partial charge in [0.25, 0.3) is 0 Å². The average molecular weight is 230 g/mol. The minimum atomic E-state index is -0.409. The lowest BCUT2D eigenvalue weighted by Gasteiger charge is -2.09. The Hall–Kier alpha value is -2.30. The number of hydrogen-bond donors (Lipinski definition) is 3. The van der Waals surface area contributed by atoms with E-state index in [1.807, 2.05) is 13.0 Å². The lowest BCUT2D eigenvalue weighted by Crippen LogP contribution is -2.11. The van der Waals surface area contributed by atoms with Gasteiger partial charge in [-0.1, -0.05) is 0 Å². The third kappa shape index (κ3) is 2.63. The van der Waals surface area contributed by atoms with Crippen LogP contribution in [0.25, 0.3) is 0 Å². The van der Waals surface area contributed by atoms with Gasteiger partial charge in [0.2, 0.25) is 5.91 Å². The highest BCUT2D eigenvalue weighted by Crippen LogP contribution is 2.16. The van der Waals surface area contributed by atoms with Crippen molar-refractivity contribution in [1.29, 1.82) is 0 Å². The Bertz CT molecular complexity index is 519. The van der Waals surface area contributed by atoms with Gasteiger partial charge in [0.15, 0.2) is 0 Å². The van der Waals surface area contributed by atoms with Crippen molar-refractivity contribution in [1.82, 2.24) is 9.97 Å². The molecule has 17 heavy (non-hydrogen) atoms. The van der Waals surface area contributed by atoms with E-state index in [0.29, 0.717) is 12.1 Å². The second-order valence-electron chi connectivity index (χ2n) is 3.82. The van der Waals surface area contributed by atoms with Crippen molar-refractivity contribution in [3.05, 3.63) is 47.5 Å². The van der Waals surface area contributed by atoms with E-state index in [1.165, 1.54) is 0 Å². The van der Waals surface area contributed by atoms with E-state index in [1.54, 1.807) is 24.7 Å². The monoisotopic (exact) mass is 230 g/mol. The van der Waals surface area contributed by atoms with Gasteiger partial charge >= 0.3 is 0 Å². The highest BCUT2D eigenvalue weighted by molar-refractivity contribution is 5.93. The third-order valence-corrected chi connectivity index (χ3v) is 2.54. The first-order chi connectivity index (χ1) is 8.16. The van der Waals surface area contributed by atoms with Gasteiger partial charge in [-0.05, 0) is 30.7 Å². The van der Waals surface area contributed by atoms with E-state index in [4.69, 9.17) is 5.73 Å². The van der Waals surface area contributed by atoms with Crippen molar-refractivity contribution < 1.29 is 4.79 Å². The number of hydrogen-bond acceptors (Lipinski definition) is 3. The molecule has 1 aromatic heterocycles. The number of nitrogens with two attached hydrogens (primary N) is 1. The van der Waals surface area contributed by atoms with Crippen LogP contribution < -0.4 is 11.1 Å². The summed E-state index contributed by atoms with van der Waals surface area (Å²) in [5.74, 6) is -0.409. The van der Waals surface area contributed by atoms with Crippen molar-refractivity contribution >= 4 is 11.6 Å². The number of primary amides is 1. The molecule has 5 nitrogen and oxygen atoms in total. The molecule has 0 spiro atoms. The molecule has 1 amide bonds. The van der Waals surface area contributed by atoms with Crippen molar-refractivity contribution in [3.8, 4) is 0 Å². The molecule has 0 aliphatic heterocycles. The Kier molecular flexibility index (Phi) is 3.09. The van der Waals surface area contributed by atoms with Crippen LogP contribution in [0.2, 0.25) is 0 Å². The van der Waals surface area contributed by atoms with E-state index in [0.717, 1.165) is 16.9 Å². The number of aryl methyl sites for hydroxylation is 1. The first-order valence-corrected chi connectivity index (χ1v) is 5.28. The smallest absolute Gasteiger partial charge is 0.248 e. The number of imidazole rings is 1. The van der Waals surface area contributed by atoms with E-state index >= 15 is 0 Å². The van der Waals surface area contributed by atoms with E-state index < -0.39 is 5.91 Å². The van der Waals surface area contributed by atoms with Crippen LogP contribution in [0.15, 0.2) is 30.7 Å². The van der Waals surface area contributed by atoms with Gasteiger partial charge in [-0.25, -0.2) is 4.98 Å². The molecule has 0 saturated carbocycles. The number of nitrogens with one attached hydrogen (secondary N) is 2. The maximum atomic E-state index is 11.0. The molecule has 0 saturated heterocycles. The fourth-order valence-electron chi connectivity index (χ4n) is 1.59. The Morgan fingerprint density at radius 1 is 1.53 bits per heavy atom. The van der Waals surface area contributed by atoms with E-state index in [2.05, 4.69) is 15.3 Å². The van der Waals surface area contributed by atoms with Crippen LogP contribution in [-0.4, -0.2) is 15.9 Å². The molecule has 2 rings (SSSR count). The summed E-state index contributed by atoms with van der Waals surface area (Å²) in [5.41, 5.74) is 8.70. The molecule has 88 valence electrons. The number of H-pyrrole nitrogens is 1. The number of benzene rings is 1. The summed E-state index contributed by atoms with van der Waals surface area (Å²) in [7, 11) is 0. The van der Waals surface area contributed by atoms with Crippen LogP contribution in [0.3, 0.4) is 0 Å². The number of aromatic amines is 1. The van der Waals surface area contributed by atoms with Crippen LogP contribution in [0.1, 0.15) is 21.6 Å². The summed E-state index contributed by atoms with van der Waals surface area (Å²) in [6.07, 6.45) is 3.40. The zero-order valence-corrected chi connectivity index (χ0v) is 9.53. The van der Waals surface area contributed by atoms with Crippen LogP contribution in [-0.2, 0) is 6.54 Å². The molecule has 0 aliphatic rings. The average Bonchev–Trinajstić information content (AvgIpc) is 2.80. The zero-order chi connectivity index (χ0) is 12.3. The fourth-order valence-corrected chi connectivity index (χ4v) is 1.59. The first kappa shape index (κ1) is 11.2. The fraction of sp³-hybridized carbons (Fsp3) is 0.167. The van der Waals surface area contributed by atoms with Gasteiger partial charge in [-0.15, -0.1) is 0 Å². The number of aromatic nitrogens is 2. The summed E-state index contributed by atoms with van der Waals surface area (Å²) < 4.78 is 0. The van der Waals surface area contributed by atoms with E-state index in [-0.39, 0.29) is 0 Å². The Morgan fingerprint density at radius 3 is 2.94 bits per heavy atom. The number of carbonyl (C=O) groups is 1. The van der Waals surface area contributed by atoms with Crippen LogP contribution in [0.4, 0.5) is 5.69 Å². The molecule has 0 bridgehead atoms. The van der Waals surface area contributed by atoms with E-state index in [9.17, 15) is 4.79 Å². The number of anilines is 1. The predicted octanol–water partition coefficient (Wildman–Crippen LogP) is 1.43. The summed E-state index contributed by atoms with van der Waals surface area (Å²) >= 11 is 0. The molecular weight excluding hydrogens is 216 g/mol. The second-order valence-corrected chi connectivity index (χ2v) is 3.82. The van der Waals surface area contributed by atoms with Crippen molar-refractivity contribution in [2.24, 2.45) is 5.73 Å². The minimum absolute atomic E-state index is 0.409. The summed E-state index contributed by atoms with van der Waals surface area (Å²) in [6.45, 7) is 2.60. The molecule has 0 unspecified atom stereocenters. The lowest BCUT2D eigenvalue weighted by atomic mass is 10.1. The quantitative estimate of drug-likeness (QED) is 0.742. The maximum absolute atomic E-state index is 11.0. The number of nitrogens with zero attached hydrogens (tertiary/aromatic N) is 1. The summed E-state index contributed by atoms with van der Waals surface area (Å²) in [5, 5.41) is 3.26. The zero-order valence-electron chi connectivity index (χ0n) is 9.53. The SMILES string of the molecule is Cc1cc(C(N)=O)ccc1NCc1cnc[nH]1. The number of rotatable bonds is 4. The Morgan fingerprint density at radius 2 is 2.35 bits per heavy atom.